The van der Waals surface area contributed by atoms with Gasteiger partial charge in [-0.15, -0.1) is 0 Å². The molecule has 1 aromatic rings. The van der Waals surface area contributed by atoms with Gasteiger partial charge in [-0.2, -0.15) is 0 Å². The highest BCUT2D eigenvalue weighted by Crippen LogP contribution is 2.11. The summed E-state index contributed by atoms with van der Waals surface area (Å²) in [6.07, 6.45) is 0. The van der Waals surface area contributed by atoms with Crippen LogP contribution in [0, 0.1) is 0 Å². The van der Waals surface area contributed by atoms with Crippen molar-refractivity contribution in [2.45, 2.75) is 0 Å². The highest BCUT2D eigenvalue weighted by molar-refractivity contribution is 6.30. The van der Waals surface area contributed by atoms with Crippen LogP contribution in [0.25, 0.3) is 0 Å². The lowest BCUT2D eigenvalue weighted by Crippen LogP contribution is -2.44. The first-order valence-corrected chi connectivity index (χ1v) is 5.69. The zero-order valence-electron chi connectivity index (χ0n) is 9.19. The molecule has 5 heteroatoms. The van der Waals surface area contributed by atoms with Gasteiger partial charge in [-0.05, 0) is 24.3 Å². The summed E-state index contributed by atoms with van der Waals surface area (Å²) in [4.78, 5) is 24.8. The van der Waals surface area contributed by atoms with Crippen LogP contribution < -0.4 is 0 Å². The van der Waals surface area contributed by atoms with Crippen LogP contribution in [-0.4, -0.2) is 42.9 Å². The summed E-state index contributed by atoms with van der Waals surface area (Å²) in [5.74, 6) is -0.226. The fraction of sp³-hybridized carbons (Fsp3) is 0.333. The van der Waals surface area contributed by atoms with Crippen LogP contribution in [0.3, 0.4) is 0 Å². The van der Waals surface area contributed by atoms with Gasteiger partial charge in [-0.3, -0.25) is 9.59 Å². The molecule has 0 aliphatic carbocycles. The first kappa shape index (κ1) is 12.1. The van der Waals surface area contributed by atoms with Gasteiger partial charge in [-0.1, -0.05) is 11.6 Å². The zero-order chi connectivity index (χ0) is 12.3. The quantitative estimate of drug-likeness (QED) is 0.765. The van der Waals surface area contributed by atoms with Gasteiger partial charge in [0.15, 0.2) is 5.78 Å². The van der Waals surface area contributed by atoms with Crippen molar-refractivity contribution in [3.63, 3.8) is 0 Å². The summed E-state index contributed by atoms with van der Waals surface area (Å²) in [6, 6.07) is 6.65. The number of benzene rings is 1. The first-order valence-electron chi connectivity index (χ1n) is 5.31. The maximum Gasteiger partial charge on any atom is 0.249 e. The molecule has 0 aromatic heterocycles. The van der Waals surface area contributed by atoms with Crippen LogP contribution in [-0.2, 0) is 9.53 Å². The van der Waals surface area contributed by atoms with Crippen molar-refractivity contribution in [2.24, 2.45) is 0 Å². The summed E-state index contributed by atoms with van der Waals surface area (Å²) in [5.41, 5.74) is 0.564. The Labute approximate surface area is 104 Å². The van der Waals surface area contributed by atoms with E-state index in [-0.39, 0.29) is 24.8 Å². The van der Waals surface area contributed by atoms with Crippen LogP contribution in [0.15, 0.2) is 24.3 Å². The van der Waals surface area contributed by atoms with Gasteiger partial charge >= 0.3 is 0 Å². The third kappa shape index (κ3) is 3.05. The number of rotatable bonds is 3. The van der Waals surface area contributed by atoms with Crippen LogP contribution in [0.5, 0.6) is 0 Å². The minimum absolute atomic E-state index is 0.0634. The number of ketones is 1. The molecule has 1 aromatic carbocycles. The Balaban J connectivity index is 2.01. The summed E-state index contributed by atoms with van der Waals surface area (Å²) in [7, 11) is 0. The molecule has 1 fully saturated rings. The Hall–Kier alpha value is -1.39. The summed E-state index contributed by atoms with van der Waals surface area (Å²) in [6.45, 7) is 1.12. The molecule has 1 aliphatic rings. The number of halogens is 1. The molecule has 0 bridgehead atoms. The van der Waals surface area contributed by atoms with Gasteiger partial charge in [0.1, 0.15) is 6.61 Å². The van der Waals surface area contributed by atoms with E-state index < -0.39 is 0 Å². The standard InChI is InChI=1S/C12H12ClNO3/c13-10-3-1-9(2-4-10)11(15)7-14-5-6-17-8-12(14)16/h1-4H,5-8H2. The Morgan fingerprint density at radius 3 is 2.71 bits per heavy atom. The third-order valence-electron chi connectivity index (χ3n) is 2.58. The fourth-order valence-corrected chi connectivity index (χ4v) is 1.74. The van der Waals surface area contributed by atoms with Gasteiger partial charge in [-0.25, -0.2) is 0 Å². The SMILES string of the molecule is O=C(CN1CCOCC1=O)c1ccc(Cl)cc1. The van der Waals surface area contributed by atoms with Gasteiger partial charge < -0.3 is 9.64 Å². The van der Waals surface area contributed by atoms with Crippen molar-refractivity contribution in [1.29, 1.82) is 0 Å². The number of nitrogens with zero attached hydrogens (tertiary/aromatic N) is 1. The zero-order valence-corrected chi connectivity index (χ0v) is 9.94. The lowest BCUT2D eigenvalue weighted by molar-refractivity contribution is -0.141. The van der Waals surface area contributed by atoms with E-state index in [1.165, 1.54) is 4.90 Å². The normalized spacial score (nSPS) is 16.1. The van der Waals surface area contributed by atoms with Crippen LogP contribution >= 0.6 is 11.6 Å². The van der Waals surface area contributed by atoms with Gasteiger partial charge in [0.05, 0.1) is 13.2 Å². The average molecular weight is 254 g/mol. The summed E-state index contributed by atoms with van der Waals surface area (Å²) < 4.78 is 5.00. The lowest BCUT2D eigenvalue weighted by atomic mass is 10.1. The minimum Gasteiger partial charge on any atom is -0.370 e. The molecule has 0 radical (unpaired) electrons. The molecular weight excluding hydrogens is 242 g/mol. The molecular formula is C12H12ClNO3. The van der Waals surface area contributed by atoms with Crippen LogP contribution in [0.2, 0.25) is 5.02 Å². The van der Waals surface area contributed by atoms with E-state index in [9.17, 15) is 9.59 Å². The molecule has 0 N–H and O–H groups in total. The Morgan fingerprint density at radius 1 is 1.35 bits per heavy atom. The molecule has 2 rings (SSSR count). The molecule has 4 nitrogen and oxygen atoms in total. The van der Waals surface area contributed by atoms with E-state index in [0.29, 0.717) is 23.7 Å². The van der Waals surface area contributed by atoms with E-state index in [1.54, 1.807) is 24.3 Å². The second-order valence-corrected chi connectivity index (χ2v) is 4.23. The minimum atomic E-state index is -0.140. The number of carbonyl (C=O) groups excluding carboxylic acids is 2. The van der Waals surface area contributed by atoms with Crippen molar-refractivity contribution in [3.8, 4) is 0 Å². The number of carbonyl (C=O) groups is 2. The van der Waals surface area contributed by atoms with Crippen molar-refractivity contribution in [3.05, 3.63) is 34.9 Å². The second kappa shape index (κ2) is 5.29. The molecule has 0 atom stereocenters. The van der Waals surface area contributed by atoms with Gasteiger partial charge in [0.25, 0.3) is 0 Å². The molecule has 0 saturated carbocycles. The number of Topliss-reactive ketones (excluding diaryl/α,β-unsaturated/α-hetero) is 1. The summed E-state index contributed by atoms with van der Waals surface area (Å²) in [5, 5.41) is 0.587. The van der Waals surface area contributed by atoms with E-state index in [2.05, 4.69) is 0 Å². The van der Waals surface area contributed by atoms with Gasteiger partial charge in [0, 0.05) is 17.1 Å². The monoisotopic (exact) mass is 253 g/mol. The maximum atomic E-state index is 11.9. The van der Waals surface area contributed by atoms with E-state index in [0.717, 1.165) is 0 Å². The molecule has 1 heterocycles. The number of ether oxygens (including phenoxy) is 1. The highest BCUT2D eigenvalue weighted by Gasteiger charge is 2.21. The number of morpholine rings is 1. The van der Waals surface area contributed by atoms with E-state index >= 15 is 0 Å². The smallest absolute Gasteiger partial charge is 0.249 e. The number of hydrogen-bond donors (Lipinski definition) is 0. The van der Waals surface area contributed by atoms with Gasteiger partial charge in [0.2, 0.25) is 5.91 Å². The fourth-order valence-electron chi connectivity index (χ4n) is 1.62. The van der Waals surface area contributed by atoms with Crippen LogP contribution in [0.4, 0.5) is 0 Å². The van der Waals surface area contributed by atoms with Crippen molar-refractivity contribution in [1.82, 2.24) is 4.90 Å². The second-order valence-electron chi connectivity index (χ2n) is 3.80. The van der Waals surface area contributed by atoms with Crippen LogP contribution in [0.1, 0.15) is 10.4 Å². The molecule has 0 unspecified atom stereocenters. The Bertz CT molecular complexity index is 430. The average Bonchev–Trinajstić information content (AvgIpc) is 2.33. The maximum absolute atomic E-state index is 11.9. The molecule has 0 spiro atoms. The van der Waals surface area contributed by atoms with E-state index in [1.807, 2.05) is 0 Å². The van der Waals surface area contributed by atoms with E-state index in [4.69, 9.17) is 16.3 Å². The molecule has 1 saturated heterocycles. The first-order chi connectivity index (χ1) is 8.16. The Morgan fingerprint density at radius 2 is 2.06 bits per heavy atom. The highest BCUT2D eigenvalue weighted by atomic mass is 35.5. The predicted octanol–water partition coefficient (Wildman–Crippen LogP) is 1.38. The largest absolute Gasteiger partial charge is 0.370 e. The molecule has 1 aliphatic heterocycles. The van der Waals surface area contributed by atoms with Crippen molar-refractivity contribution in [2.75, 3.05) is 26.3 Å². The lowest BCUT2D eigenvalue weighted by Gasteiger charge is -2.25. The van der Waals surface area contributed by atoms with Crippen molar-refractivity contribution >= 4 is 23.3 Å². The van der Waals surface area contributed by atoms with Crippen molar-refractivity contribution < 1.29 is 14.3 Å². The summed E-state index contributed by atoms with van der Waals surface area (Å²) >= 11 is 5.74. The predicted molar refractivity (Wildman–Crippen MR) is 63.2 cm³/mol. The molecule has 17 heavy (non-hydrogen) atoms. The number of amides is 1. The third-order valence-corrected chi connectivity index (χ3v) is 2.84. The topological polar surface area (TPSA) is 46.6 Å². The Kier molecular flexibility index (Phi) is 3.76. The molecule has 1 amide bonds. The number of hydrogen-bond acceptors (Lipinski definition) is 3. The molecule has 90 valence electrons.